The van der Waals surface area contributed by atoms with Gasteiger partial charge in [0.1, 0.15) is 12.2 Å². The lowest BCUT2D eigenvalue weighted by Gasteiger charge is -2.04. The molecule has 0 N–H and O–H groups in total. The van der Waals surface area contributed by atoms with Crippen LogP contribution in [0.25, 0.3) is 6.08 Å². The molecular formula is C10H8O. The molecule has 1 fully saturated rings. The molecule has 1 aromatic carbocycles. The maximum atomic E-state index is 5.42. The Morgan fingerprint density at radius 3 is 3.09 bits per heavy atom. The monoisotopic (exact) mass is 144 g/mol. The Morgan fingerprint density at radius 2 is 2.09 bits per heavy atom. The lowest BCUT2D eigenvalue weighted by Crippen LogP contribution is -1.93. The van der Waals surface area contributed by atoms with Crippen LogP contribution in [0.5, 0.6) is 0 Å². The average molecular weight is 144 g/mol. The zero-order valence-corrected chi connectivity index (χ0v) is 6.03. The van der Waals surface area contributed by atoms with E-state index in [1.165, 1.54) is 11.1 Å². The molecule has 0 saturated carbocycles. The van der Waals surface area contributed by atoms with Gasteiger partial charge in [0, 0.05) is 0 Å². The van der Waals surface area contributed by atoms with Gasteiger partial charge in [-0.3, -0.25) is 0 Å². The largest absolute Gasteiger partial charge is 0.360 e. The van der Waals surface area contributed by atoms with Gasteiger partial charge in [-0.05, 0) is 11.1 Å². The fourth-order valence-electron chi connectivity index (χ4n) is 1.64. The molecule has 0 aromatic heterocycles. The Bertz CT molecular complexity index is 327. The van der Waals surface area contributed by atoms with Gasteiger partial charge in [0.25, 0.3) is 0 Å². The summed E-state index contributed by atoms with van der Waals surface area (Å²) in [5, 5.41) is 0. The van der Waals surface area contributed by atoms with Crippen molar-refractivity contribution in [2.24, 2.45) is 0 Å². The van der Waals surface area contributed by atoms with Crippen LogP contribution in [0.4, 0.5) is 0 Å². The minimum atomic E-state index is 0.371. The van der Waals surface area contributed by atoms with Crippen LogP contribution in [0.1, 0.15) is 17.2 Å². The first kappa shape index (κ1) is 5.56. The first-order valence-electron chi connectivity index (χ1n) is 3.88. The van der Waals surface area contributed by atoms with Crippen LogP contribution >= 0.6 is 0 Å². The second kappa shape index (κ2) is 1.74. The van der Waals surface area contributed by atoms with Crippen molar-refractivity contribution in [1.82, 2.24) is 0 Å². The maximum Gasteiger partial charge on any atom is 0.114 e. The minimum absolute atomic E-state index is 0.371. The predicted octanol–water partition coefficient (Wildman–Crippen LogP) is 2.15. The zero-order chi connectivity index (χ0) is 7.26. The first-order chi connectivity index (χ1) is 5.45. The standard InChI is InChI=1S/C10H8O/c1-2-4-8-7(3-1)5-6-9-10(8)11-9/h1-6,9-10H/t9-,10-/m0/s1. The molecule has 0 amide bonds. The zero-order valence-electron chi connectivity index (χ0n) is 6.03. The van der Waals surface area contributed by atoms with E-state index in [-0.39, 0.29) is 0 Å². The third-order valence-electron chi connectivity index (χ3n) is 2.29. The molecule has 54 valence electrons. The molecule has 1 saturated heterocycles. The van der Waals surface area contributed by atoms with E-state index < -0.39 is 0 Å². The first-order valence-corrected chi connectivity index (χ1v) is 3.88. The van der Waals surface area contributed by atoms with Crippen LogP contribution in [-0.2, 0) is 4.74 Å². The third-order valence-corrected chi connectivity index (χ3v) is 2.29. The van der Waals surface area contributed by atoms with Crippen LogP contribution < -0.4 is 0 Å². The van der Waals surface area contributed by atoms with Crippen LogP contribution in [0, 0.1) is 0 Å². The molecule has 0 radical (unpaired) electrons. The highest BCUT2D eigenvalue weighted by molar-refractivity contribution is 5.60. The minimum Gasteiger partial charge on any atom is -0.360 e. The van der Waals surface area contributed by atoms with Crippen molar-refractivity contribution in [2.45, 2.75) is 12.2 Å². The van der Waals surface area contributed by atoms with Crippen molar-refractivity contribution in [3.05, 3.63) is 41.5 Å². The number of epoxide rings is 1. The molecule has 0 unspecified atom stereocenters. The summed E-state index contributed by atoms with van der Waals surface area (Å²) in [5.41, 5.74) is 2.66. The summed E-state index contributed by atoms with van der Waals surface area (Å²) in [6.07, 6.45) is 5.03. The van der Waals surface area contributed by atoms with Crippen molar-refractivity contribution >= 4 is 6.08 Å². The highest BCUT2D eigenvalue weighted by atomic mass is 16.6. The second-order valence-corrected chi connectivity index (χ2v) is 3.01. The van der Waals surface area contributed by atoms with E-state index in [0.29, 0.717) is 12.2 Å². The van der Waals surface area contributed by atoms with Crippen molar-refractivity contribution < 1.29 is 4.74 Å². The van der Waals surface area contributed by atoms with Crippen molar-refractivity contribution in [3.8, 4) is 0 Å². The summed E-state index contributed by atoms with van der Waals surface area (Å²) in [6.45, 7) is 0. The van der Waals surface area contributed by atoms with E-state index in [1.807, 2.05) is 0 Å². The Hall–Kier alpha value is -1.08. The number of fused-ring (bicyclic) bond motifs is 3. The van der Waals surface area contributed by atoms with Gasteiger partial charge in [-0.25, -0.2) is 0 Å². The van der Waals surface area contributed by atoms with E-state index >= 15 is 0 Å². The van der Waals surface area contributed by atoms with Gasteiger partial charge in [0.05, 0.1) is 0 Å². The van der Waals surface area contributed by atoms with Crippen molar-refractivity contribution in [2.75, 3.05) is 0 Å². The van der Waals surface area contributed by atoms with E-state index in [2.05, 4.69) is 36.4 Å². The van der Waals surface area contributed by atoms with Gasteiger partial charge in [-0.1, -0.05) is 36.4 Å². The van der Waals surface area contributed by atoms with Gasteiger partial charge in [0.2, 0.25) is 0 Å². The summed E-state index contributed by atoms with van der Waals surface area (Å²) in [7, 11) is 0. The number of ether oxygens (including phenoxy) is 1. The summed E-state index contributed by atoms with van der Waals surface area (Å²) in [5.74, 6) is 0. The number of rotatable bonds is 0. The summed E-state index contributed by atoms with van der Waals surface area (Å²) in [4.78, 5) is 0. The van der Waals surface area contributed by atoms with Crippen molar-refractivity contribution in [3.63, 3.8) is 0 Å². The van der Waals surface area contributed by atoms with Crippen molar-refractivity contribution in [1.29, 1.82) is 0 Å². The molecule has 1 aromatic rings. The Kier molecular flexibility index (Phi) is 0.880. The molecule has 2 atom stereocenters. The number of hydrogen-bond donors (Lipinski definition) is 0. The normalized spacial score (nSPS) is 30.9. The highest BCUT2D eigenvalue weighted by Crippen LogP contribution is 2.44. The molecule has 3 rings (SSSR count). The molecule has 2 aliphatic rings. The van der Waals surface area contributed by atoms with Crippen LogP contribution in [-0.4, -0.2) is 6.10 Å². The number of hydrogen-bond acceptors (Lipinski definition) is 1. The highest BCUT2D eigenvalue weighted by Gasteiger charge is 2.40. The lowest BCUT2D eigenvalue weighted by atomic mass is 9.98. The SMILES string of the molecule is C1=C[C@@H]2O[C@H]2c2ccccc21. The molecule has 0 bridgehead atoms. The quantitative estimate of drug-likeness (QED) is 0.508. The van der Waals surface area contributed by atoms with Crippen LogP contribution in [0.15, 0.2) is 30.3 Å². The van der Waals surface area contributed by atoms with E-state index in [0.717, 1.165) is 0 Å². The van der Waals surface area contributed by atoms with Gasteiger partial charge < -0.3 is 4.74 Å². The van der Waals surface area contributed by atoms with Gasteiger partial charge in [0.15, 0.2) is 0 Å². The lowest BCUT2D eigenvalue weighted by molar-refractivity contribution is 0.395. The predicted molar refractivity (Wildman–Crippen MR) is 43.1 cm³/mol. The molecule has 1 aliphatic carbocycles. The smallest absolute Gasteiger partial charge is 0.114 e. The Labute approximate surface area is 65.3 Å². The Morgan fingerprint density at radius 1 is 1.18 bits per heavy atom. The fraction of sp³-hybridized carbons (Fsp3) is 0.200. The molecule has 1 heterocycles. The average Bonchev–Trinajstić information content (AvgIpc) is 2.83. The fourth-order valence-corrected chi connectivity index (χ4v) is 1.64. The Balaban J connectivity index is 2.24. The van der Waals surface area contributed by atoms with Gasteiger partial charge in [-0.2, -0.15) is 0 Å². The van der Waals surface area contributed by atoms with Gasteiger partial charge in [-0.15, -0.1) is 0 Å². The van der Waals surface area contributed by atoms with E-state index in [9.17, 15) is 0 Å². The molecule has 11 heavy (non-hydrogen) atoms. The summed E-state index contributed by atoms with van der Waals surface area (Å²) < 4.78 is 5.42. The van der Waals surface area contributed by atoms with Crippen LogP contribution in [0.3, 0.4) is 0 Å². The molecule has 1 aliphatic heterocycles. The molecule has 1 heteroatoms. The van der Waals surface area contributed by atoms with E-state index in [4.69, 9.17) is 4.74 Å². The number of benzene rings is 1. The van der Waals surface area contributed by atoms with Crippen LogP contribution in [0.2, 0.25) is 0 Å². The third kappa shape index (κ3) is 0.688. The molecule has 1 nitrogen and oxygen atoms in total. The topological polar surface area (TPSA) is 12.5 Å². The van der Waals surface area contributed by atoms with Gasteiger partial charge >= 0.3 is 0 Å². The van der Waals surface area contributed by atoms with E-state index in [1.54, 1.807) is 0 Å². The molecular weight excluding hydrogens is 136 g/mol. The summed E-state index contributed by atoms with van der Waals surface area (Å²) >= 11 is 0. The summed E-state index contributed by atoms with van der Waals surface area (Å²) in [6, 6.07) is 8.40. The second-order valence-electron chi connectivity index (χ2n) is 3.01. The maximum absolute atomic E-state index is 5.42. The molecule has 0 spiro atoms.